The number of nitro groups is 1. The number of aryl methyl sites for hydroxylation is 1. The van der Waals surface area contributed by atoms with Crippen molar-refractivity contribution in [3.63, 3.8) is 0 Å². The van der Waals surface area contributed by atoms with Gasteiger partial charge in [-0.15, -0.1) is 0 Å². The van der Waals surface area contributed by atoms with E-state index in [-0.39, 0.29) is 24.7 Å². The Morgan fingerprint density at radius 2 is 2.16 bits per heavy atom. The van der Waals surface area contributed by atoms with Crippen LogP contribution in [-0.2, 0) is 23.2 Å². The number of methoxy groups -OCH3 is 1. The van der Waals surface area contributed by atoms with Gasteiger partial charge in [0.05, 0.1) is 30.0 Å². The fraction of sp³-hybridized carbons (Fsp3) is 0.375. The fourth-order valence-electron chi connectivity index (χ4n) is 2.96. The van der Waals surface area contributed by atoms with E-state index in [0.29, 0.717) is 18.7 Å². The van der Waals surface area contributed by atoms with Gasteiger partial charge >= 0.3 is 0 Å². The summed E-state index contributed by atoms with van der Waals surface area (Å²) in [5.74, 6) is -0.0408. The first-order valence-corrected chi connectivity index (χ1v) is 7.80. The van der Waals surface area contributed by atoms with Gasteiger partial charge in [-0.1, -0.05) is 0 Å². The first-order chi connectivity index (χ1) is 12.0. The maximum absolute atomic E-state index is 12.5. The molecular formula is C16H19N5O4. The van der Waals surface area contributed by atoms with Gasteiger partial charge in [0, 0.05) is 56.8 Å². The number of nitro benzene ring substituents is 1. The lowest BCUT2D eigenvalue weighted by Gasteiger charge is -2.35. The molecule has 0 N–H and O–H groups in total. The van der Waals surface area contributed by atoms with Crippen molar-refractivity contribution in [3.8, 4) is 0 Å². The molecule has 1 aliphatic heterocycles. The first-order valence-electron chi connectivity index (χ1n) is 7.80. The average Bonchev–Trinajstić information content (AvgIpc) is 3.01. The maximum Gasteiger partial charge on any atom is 0.269 e. The van der Waals surface area contributed by atoms with Crippen LogP contribution in [0.25, 0.3) is 0 Å². The summed E-state index contributed by atoms with van der Waals surface area (Å²) in [6, 6.07) is 4.63. The van der Waals surface area contributed by atoms with Gasteiger partial charge in [-0.25, -0.2) is 0 Å². The van der Waals surface area contributed by atoms with Gasteiger partial charge in [0.15, 0.2) is 0 Å². The van der Waals surface area contributed by atoms with Gasteiger partial charge < -0.3 is 14.5 Å². The van der Waals surface area contributed by atoms with Gasteiger partial charge in [-0.2, -0.15) is 5.10 Å². The van der Waals surface area contributed by atoms with Crippen molar-refractivity contribution in [2.24, 2.45) is 7.05 Å². The molecule has 0 bridgehead atoms. The molecule has 0 atom stereocenters. The van der Waals surface area contributed by atoms with Crippen molar-refractivity contribution in [1.82, 2.24) is 9.78 Å². The molecule has 1 saturated heterocycles. The molecule has 2 heterocycles. The predicted molar refractivity (Wildman–Crippen MR) is 91.6 cm³/mol. The normalized spacial score (nSPS) is 14.9. The van der Waals surface area contributed by atoms with Crippen molar-refractivity contribution in [1.29, 1.82) is 0 Å². The highest BCUT2D eigenvalue weighted by Crippen LogP contribution is 2.28. The van der Waals surface area contributed by atoms with E-state index >= 15 is 0 Å². The number of non-ortho nitro benzene ring substituents is 1. The highest BCUT2D eigenvalue weighted by molar-refractivity contribution is 5.97. The fourth-order valence-corrected chi connectivity index (χ4v) is 2.96. The van der Waals surface area contributed by atoms with Crippen LogP contribution in [0.4, 0.5) is 17.1 Å². The minimum Gasteiger partial charge on any atom is -0.380 e. The number of carbonyl (C=O) groups excluding carboxylic acids is 1. The average molecular weight is 345 g/mol. The second-order valence-electron chi connectivity index (χ2n) is 5.84. The molecule has 3 rings (SSSR count). The van der Waals surface area contributed by atoms with Crippen LogP contribution in [0.5, 0.6) is 0 Å². The number of anilines is 2. The second kappa shape index (κ2) is 6.89. The molecule has 1 amide bonds. The predicted octanol–water partition coefficient (Wildman–Crippen LogP) is 1.33. The molecule has 0 unspecified atom stereocenters. The van der Waals surface area contributed by atoms with Crippen LogP contribution in [0, 0.1) is 10.1 Å². The first kappa shape index (κ1) is 16.9. The summed E-state index contributed by atoms with van der Waals surface area (Å²) in [6.07, 6.45) is 3.46. The number of amides is 1. The smallest absolute Gasteiger partial charge is 0.269 e. The topological polar surface area (TPSA) is 93.7 Å². The third kappa shape index (κ3) is 3.45. The largest absolute Gasteiger partial charge is 0.380 e. The molecule has 2 aromatic rings. The third-order valence-electron chi connectivity index (χ3n) is 4.14. The summed E-state index contributed by atoms with van der Waals surface area (Å²) in [5, 5.41) is 15.1. The Kier molecular flexibility index (Phi) is 4.66. The lowest BCUT2D eigenvalue weighted by molar-refractivity contribution is -0.384. The number of ether oxygens (including phenoxy) is 1. The summed E-state index contributed by atoms with van der Waals surface area (Å²) in [6.45, 7) is 1.58. The van der Waals surface area contributed by atoms with Crippen LogP contribution in [0.15, 0.2) is 30.6 Å². The zero-order valence-electron chi connectivity index (χ0n) is 14.1. The molecule has 0 aliphatic carbocycles. The number of benzene rings is 1. The van der Waals surface area contributed by atoms with Crippen molar-refractivity contribution in [2.45, 2.75) is 6.61 Å². The number of aromatic nitrogens is 2. The molecule has 1 fully saturated rings. The lowest BCUT2D eigenvalue weighted by Crippen LogP contribution is -2.50. The summed E-state index contributed by atoms with van der Waals surface area (Å²) in [4.78, 5) is 26.7. The Labute approximate surface area is 144 Å². The number of hydrogen-bond acceptors (Lipinski definition) is 6. The van der Waals surface area contributed by atoms with Crippen LogP contribution in [-0.4, -0.2) is 47.4 Å². The summed E-state index contributed by atoms with van der Waals surface area (Å²) >= 11 is 0. The summed E-state index contributed by atoms with van der Waals surface area (Å²) in [7, 11) is 3.34. The van der Waals surface area contributed by atoms with Gasteiger partial charge in [0.2, 0.25) is 5.91 Å². The van der Waals surface area contributed by atoms with Crippen LogP contribution in [0.1, 0.15) is 5.56 Å². The van der Waals surface area contributed by atoms with Gasteiger partial charge in [0.25, 0.3) is 5.69 Å². The van der Waals surface area contributed by atoms with E-state index in [9.17, 15) is 14.9 Å². The van der Waals surface area contributed by atoms with E-state index in [2.05, 4.69) is 5.10 Å². The number of rotatable bonds is 5. The van der Waals surface area contributed by atoms with E-state index in [4.69, 9.17) is 4.74 Å². The van der Waals surface area contributed by atoms with E-state index in [1.165, 1.54) is 19.2 Å². The van der Waals surface area contributed by atoms with Crippen molar-refractivity contribution < 1.29 is 14.5 Å². The van der Waals surface area contributed by atoms with E-state index < -0.39 is 4.92 Å². The lowest BCUT2D eigenvalue weighted by atomic mass is 10.1. The zero-order chi connectivity index (χ0) is 18.0. The highest BCUT2D eigenvalue weighted by Gasteiger charge is 2.27. The Bertz CT molecular complexity index is 804. The van der Waals surface area contributed by atoms with E-state index in [0.717, 1.165) is 11.4 Å². The van der Waals surface area contributed by atoms with E-state index in [1.807, 2.05) is 4.90 Å². The minimum absolute atomic E-state index is 0.0103. The molecule has 25 heavy (non-hydrogen) atoms. The molecule has 0 spiro atoms. The molecular weight excluding hydrogens is 326 g/mol. The Morgan fingerprint density at radius 3 is 2.76 bits per heavy atom. The van der Waals surface area contributed by atoms with Gasteiger partial charge in [-0.05, 0) is 6.07 Å². The van der Waals surface area contributed by atoms with Crippen LogP contribution in [0.3, 0.4) is 0 Å². The Morgan fingerprint density at radius 1 is 1.36 bits per heavy atom. The molecule has 1 aromatic carbocycles. The molecule has 9 nitrogen and oxygen atoms in total. The summed E-state index contributed by atoms with van der Waals surface area (Å²) < 4.78 is 6.81. The number of nitrogens with zero attached hydrogens (tertiary/aromatic N) is 5. The third-order valence-corrected chi connectivity index (χ3v) is 4.14. The van der Waals surface area contributed by atoms with Gasteiger partial charge in [-0.3, -0.25) is 19.6 Å². The number of carbonyl (C=O) groups is 1. The molecule has 9 heteroatoms. The molecule has 1 aliphatic rings. The van der Waals surface area contributed by atoms with Crippen molar-refractivity contribution in [3.05, 3.63) is 46.3 Å². The van der Waals surface area contributed by atoms with Crippen LogP contribution < -0.4 is 9.80 Å². The van der Waals surface area contributed by atoms with Gasteiger partial charge in [0.1, 0.15) is 0 Å². The van der Waals surface area contributed by atoms with E-state index in [1.54, 1.807) is 35.1 Å². The monoisotopic (exact) mass is 345 g/mol. The minimum atomic E-state index is -0.436. The Balaban J connectivity index is 1.81. The maximum atomic E-state index is 12.5. The molecule has 0 radical (unpaired) electrons. The number of piperazine rings is 1. The standard InChI is InChI=1S/C16H19N5O4/c1-18-9-14(8-17-18)20-6-5-19(10-16(20)22)15-4-3-13(21(23)24)7-12(15)11-25-2/h3-4,7-9H,5-6,10-11H2,1-2H3. The highest BCUT2D eigenvalue weighted by atomic mass is 16.6. The zero-order valence-corrected chi connectivity index (χ0v) is 14.1. The number of hydrogen-bond donors (Lipinski definition) is 0. The second-order valence-corrected chi connectivity index (χ2v) is 5.84. The van der Waals surface area contributed by atoms with Crippen LogP contribution >= 0.6 is 0 Å². The Hall–Kier alpha value is -2.94. The SMILES string of the molecule is COCc1cc([N+](=O)[O-])ccc1N1CCN(c2cnn(C)c2)C(=O)C1. The molecule has 1 aromatic heterocycles. The van der Waals surface area contributed by atoms with Crippen molar-refractivity contribution >= 4 is 23.0 Å². The summed E-state index contributed by atoms with van der Waals surface area (Å²) in [5.41, 5.74) is 2.26. The molecule has 132 valence electrons. The van der Waals surface area contributed by atoms with Crippen LogP contribution in [0.2, 0.25) is 0 Å². The van der Waals surface area contributed by atoms with Crippen molar-refractivity contribution in [2.75, 3.05) is 36.5 Å². The molecule has 0 saturated carbocycles. The quantitative estimate of drug-likeness (QED) is 0.599.